The van der Waals surface area contributed by atoms with E-state index < -0.39 is 60.1 Å². The van der Waals surface area contributed by atoms with Crippen LogP contribution in [0.4, 0.5) is 10.1 Å². The summed E-state index contributed by atoms with van der Waals surface area (Å²) in [5.41, 5.74) is -0.475. The lowest BCUT2D eigenvalue weighted by molar-refractivity contribution is -0.170. The first kappa shape index (κ1) is 27.7. The Morgan fingerprint density at radius 2 is 1.69 bits per heavy atom. The van der Waals surface area contributed by atoms with Gasteiger partial charge in [-0.05, 0) is 26.0 Å². The summed E-state index contributed by atoms with van der Waals surface area (Å²) in [7, 11) is 3.40. The van der Waals surface area contributed by atoms with Gasteiger partial charge in [0.05, 0.1) is 42.9 Å². The summed E-state index contributed by atoms with van der Waals surface area (Å²) in [5, 5.41) is 53.2. The number of benzene rings is 1. The Labute approximate surface area is 223 Å². The highest BCUT2D eigenvalue weighted by molar-refractivity contribution is 6.00. The van der Waals surface area contributed by atoms with Gasteiger partial charge in [-0.25, -0.2) is 4.39 Å². The average molecular weight is 551 g/mol. The number of ether oxygens (including phenoxy) is 1. The van der Waals surface area contributed by atoms with Gasteiger partial charge in [0.2, 0.25) is 5.43 Å². The second kappa shape index (κ2) is 10.6. The standard InChI is InChI=1S/C26H35FN4O8/c1-29-5-7-30(8-6-29)19-16(27)9-13-18(25(19)39-2)31(12-3-4-12)10-14(20(13)33)26(38)28-17-23(36)21(34)15(11-32)22(35)24(17)37/h9-10,12,15,17,21-24,32,34-37H,3-8,11H2,1-2H3,(H,28,38)/t15?,17?,21-,22-,23-,24+/m0/s1. The molecule has 2 heterocycles. The number of pyridine rings is 1. The van der Waals surface area contributed by atoms with E-state index >= 15 is 4.39 Å². The molecule has 1 amide bonds. The molecule has 0 spiro atoms. The van der Waals surface area contributed by atoms with Gasteiger partial charge >= 0.3 is 0 Å². The van der Waals surface area contributed by atoms with Crippen molar-refractivity contribution < 1.29 is 39.5 Å². The number of fused-ring (bicyclic) bond motifs is 1. The number of aliphatic hydroxyl groups is 5. The maximum absolute atomic E-state index is 15.6. The van der Waals surface area contributed by atoms with Crippen molar-refractivity contribution >= 4 is 22.5 Å². The lowest BCUT2D eigenvalue weighted by Gasteiger charge is -2.43. The molecule has 214 valence electrons. The Bertz CT molecular complexity index is 1290. The number of anilines is 1. The molecule has 0 bridgehead atoms. The van der Waals surface area contributed by atoms with Crippen LogP contribution in [0.1, 0.15) is 29.2 Å². The SMILES string of the molecule is COc1c(N2CCN(C)CC2)c(F)cc2c(=O)c(C(=O)NC3[C@@H](O)[C@@H](O)C(CO)[C@H](O)[C@H]3O)cn(C3CC3)c12. The van der Waals surface area contributed by atoms with Crippen molar-refractivity contribution in [1.82, 2.24) is 14.8 Å². The van der Waals surface area contributed by atoms with Crippen LogP contribution >= 0.6 is 0 Å². The van der Waals surface area contributed by atoms with Gasteiger partial charge in [-0.15, -0.1) is 0 Å². The summed E-state index contributed by atoms with van der Waals surface area (Å²) in [4.78, 5) is 30.9. The first-order valence-electron chi connectivity index (χ1n) is 13.1. The lowest BCUT2D eigenvalue weighted by Crippen LogP contribution is -2.67. The third kappa shape index (κ3) is 4.77. The summed E-state index contributed by atoms with van der Waals surface area (Å²) < 4.78 is 23.0. The topological polar surface area (TPSA) is 168 Å². The third-order valence-electron chi connectivity index (χ3n) is 8.23. The van der Waals surface area contributed by atoms with Crippen molar-refractivity contribution in [3.63, 3.8) is 0 Å². The molecule has 2 aliphatic carbocycles. The van der Waals surface area contributed by atoms with E-state index in [0.717, 1.165) is 32.0 Å². The number of nitrogens with one attached hydrogen (secondary N) is 1. The van der Waals surface area contributed by atoms with Crippen LogP contribution in [0.3, 0.4) is 0 Å². The molecule has 6 atom stereocenters. The highest BCUT2D eigenvalue weighted by Gasteiger charge is 2.49. The highest BCUT2D eigenvalue weighted by Crippen LogP contribution is 2.43. The van der Waals surface area contributed by atoms with Crippen LogP contribution in [-0.2, 0) is 0 Å². The Morgan fingerprint density at radius 3 is 2.23 bits per heavy atom. The molecule has 3 fully saturated rings. The van der Waals surface area contributed by atoms with Crippen LogP contribution in [-0.4, -0.2) is 118 Å². The van der Waals surface area contributed by atoms with Crippen LogP contribution in [0.25, 0.3) is 10.9 Å². The quantitative estimate of drug-likeness (QED) is 0.247. The smallest absolute Gasteiger partial charge is 0.257 e. The van der Waals surface area contributed by atoms with E-state index in [1.807, 2.05) is 11.9 Å². The Hall–Kier alpha value is -2.81. The van der Waals surface area contributed by atoms with E-state index in [9.17, 15) is 35.1 Å². The molecule has 0 radical (unpaired) electrons. The predicted octanol–water partition coefficient (Wildman–Crippen LogP) is -1.60. The van der Waals surface area contributed by atoms with Crippen LogP contribution < -0.4 is 20.4 Å². The number of carbonyl (C=O) groups is 1. The summed E-state index contributed by atoms with van der Waals surface area (Å²) >= 11 is 0. The Kier molecular flexibility index (Phi) is 7.57. The van der Waals surface area contributed by atoms with Crippen molar-refractivity contribution in [2.45, 2.75) is 49.3 Å². The number of hydrogen-bond acceptors (Lipinski definition) is 10. The van der Waals surface area contributed by atoms with Gasteiger partial charge in [-0.2, -0.15) is 0 Å². The maximum Gasteiger partial charge on any atom is 0.257 e. The third-order valence-corrected chi connectivity index (χ3v) is 8.23. The minimum Gasteiger partial charge on any atom is -0.492 e. The number of halogens is 1. The fraction of sp³-hybridized carbons (Fsp3) is 0.615. The number of aromatic nitrogens is 1. The van der Waals surface area contributed by atoms with Crippen LogP contribution in [0, 0.1) is 11.7 Å². The van der Waals surface area contributed by atoms with Gasteiger partial charge in [0, 0.05) is 44.3 Å². The Morgan fingerprint density at radius 1 is 1.08 bits per heavy atom. The number of aliphatic hydroxyl groups excluding tert-OH is 5. The molecule has 5 rings (SSSR count). The Balaban J connectivity index is 1.57. The molecule has 12 nitrogen and oxygen atoms in total. The maximum atomic E-state index is 15.6. The molecular formula is C26H35FN4O8. The van der Waals surface area contributed by atoms with Crippen molar-refractivity contribution in [1.29, 1.82) is 0 Å². The summed E-state index contributed by atoms with van der Waals surface area (Å²) in [6.07, 6.45) is -3.78. The lowest BCUT2D eigenvalue weighted by atomic mass is 9.77. The minimum atomic E-state index is -1.72. The van der Waals surface area contributed by atoms with E-state index in [0.29, 0.717) is 18.6 Å². The summed E-state index contributed by atoms with van der Waals surface area (Å²) in [6, 6.07) is -0.451. The molecule has 1 saturated heterocycles. The zero-order valence-electron chi connectivity index (χ0n) is 21.8. The molecule has 6 N–H and O–H groups in total. The van der Waals surface area contributed by atoms with Crippen molar-refractivity contribution in [2.75, 3.05) is 51.8 Å². The van der Waals surface area contributed by atoms with E-state index in [1.165, 1.54) is 13.3 Å². The molecular weight excluding hydrogens is 515 g/mol. The molecule has 2 saturated carbocycles. The average Bonchev–Trinajstić information content (AvgIpc) is 3.76. The largest absolute Gasteiger partial charge is 0.492 e. The van der Waals surface area contributed by atoms with E-state index in [2.05, 4.69) is 10.2 Å². The van der Waals surface area contributed by atoms with Crippen molar-refractivity contribution in [2.24, 2.45) is 5.92 Å². The second-order valence-electron chi connectivity index (χ2n) is 10.7. The predicted molar refractivity (Wildman–Crippen MR) is 139 cm³/mol. The van der Waals surface area contributed by atoms with Crippen LogP contribution in [0.15, 0.2) is 17.1 Å². The molecule has 1 aromatic heterocycles. The van der Waals surface area contributed by atoms with Crippen molar-refractivity contribution in [3.05, 3.63) is 33.9 Å². The zero-order chi connectivity index (χ0) is 28.2. The normalized spacial score (nSPS) is 30.0. The number of likely N-dealkylation sites (N-methyl/N-ethyl adjacent to an activating group) is 1. The molecule has 3 aliphatic rings. The second-order valence-corrected chi connectivity index (χ2v) is 10.7. The first-order chi connectivity index (χ1) is 18.6. The monoisotopic (exact) mass is 550 g/mol. The zero-order valence-corrected chi connectivity index (χ0v) is 21.8. The van der Waals surface area contributed by atoms with Gasteiger partial charge < -0.3 is 50.0 Å². The fourth-order valence-electron chi connectivity index (χ4n) is 5.71. The summed E-state index contributed by atoms with van der Waals surface area (Å²) in [6.45, 7) is 1.92. The minimum absolute atomic E-state index is 0.0424. The van der Waals surface area contributed by atoms with E-state index in [1.54, 1.807) is 4.57 Å². The molecule has 1 aliphatic heterocycles. The number of rotatable bonds is 6. The summed E-state index contributed by atoms with van der Waals surface area (Å²) in [5.74, 6) is -2.63. The molecule has 39 heavy (non-hydrogen) atoms. The molecule has 2 aromatic rings. The number of hydrogen-bond donors (Lipinski definition) is 6. The number of nitrogens with zero attached hydrogens (tertiary/aromatic N) is 3. The van der Waals surface area contributed by atoms with Gasteiger partial charge in [0.1, 0.15) is 23.5 Å². The van der Waals surface area contributed by atoms with Crippen molar-refractivity contribution in [3.8, 4) is 5.75 Å². The van der Waals surface area contributed by atoms with Gasteiger partial charge in [-0.1, -0.05) is 0 Å². The van der Waals surface area contributed by atoms with Gasteiger partial charge in [0.25, 0.3) is 5.91 Å². The number of methoxy groups -OCH3 is 1. The number of amides is 1. The van der Waals surface area contributed by atoms with E-state index in [4.69, 9.17) is 4.74 Å². The fourth-order valence-corrected chi connectivity index (χ4v) is 5.71. The number of piperazine rings is 1. The van der Waals surface area contributed by atoms with Gasteiger partial charge in [0.15, 0.2) is 11.6 Å². The van der Waals surface area contributed by atoms with E-state index in [-0.39, 0.29) is 28.4 Å². The van der Waals surface area contributed by atoms with Gasteiger partial charge in [-0.3, -0.25) is 9.59 Å². The highest BCUT2D eigenvalue weighted by atomic mass is 19.1. The number of carbonyl (C=O) groups excluding carboxylic acids is 1. The molecule has 13 heteroatoms. The first-order valence-corrected chi connectivity index (χ1v) is 13.1. The van der Waals surface area contributed by atoms with Crippen LogP contribution in [0.5, 0.6) is 5.75 Å². The molecule has 2 unspecified atom stereocenters. The molecule has 1 aromatic carbocycles. The van der Waals surface area contributed by atoms with Crippen LogP contribution in [0.2, 0.25) is 0 Å².